The van der Waals surface area contributed by atoms with E-state index in [0.29, 0.717) is 28.8 Å². The van der Waals surface area contributed by atoms with Crippen molar-refractivity contribution in [3.05, 3.63) is 82.6 Å². The summed E-state index contributed by atoms with van der Waals surface area (Å²) in [4.78, 5) is 19.0. The fourth-order valence-electron chi connectivity index (χ4n) is 3.16. The van der Waals surface area contributed by atoms with Gasteiger partial charge in [0, 0.05) is 22.5 Å². The third-order valence-electron chi connectivity index (χ3n) is 4.69. The largest absolute Gasteiger partial charge is 0.431 e. The number of rotatable bonds is 10. The van der Waals surface area contributed by atoms with Crippen molar-refractivity contribution in [3.8, 4) is 22.6 Å². The molecule has 0 atom stereocenters. The zero-order chi connectivity index (χ0) is 23.3. The van der Waals surface area contributed by atoms with Crippen LogP contribution in [0, 0.1) is 0 Å². The van der Waals surface area contributed by atoms with E-state index >= 15 is 0 Å². The maximum absolute atomic E-state index is 12.7. The first-order valence-electron chi connectivity index (χ1n) is 10.2. The summed E-state index contributed by atoms with van der Waals surface area (Å²) in [5.41, 5.74) is 2.62. The van der Waals surface area contributed by atoms with E-state index in [0.717, 1.165) is 28.0 Å². The van der Waals surface area contributed by atoms with Gasteiger partial charge in [-0.15, -0.1) is 11.3 Å². The number of carbonyl (C=O) groups is 1. The molecule has 0 bridgehead atoms. The van der Waals surface area contributed by atoms with Gasteiger partial charge in [0.2, 0.25) is 10.0 Å². The standard InChI is InChI=1S/C24H22N2O4S3/c1-33(28,29)25-15-14-19-12-13-21(32-19)20(27)16-31-24-26-22(17-8-4-2-5-9-17)23(30-24)18-10-6-3-7-11-18/h2-13,25H,14-16H2,1H3. The Hall–Kier alpha value is -2.72. The third kappa shape index (κ3) is 6.42. The van der Waals surface area contributed by atoms with Crippen molar-refractivity contribution in [2.24, 2.45) is 0 Å². The highest BCUT2D eigenvalue weighted by Gasteiger charge is 2.19. The topological polar surface area (TPSA) is 89.3 Å². The monoisotopic (exact) mass is 498 g/mol. The Morgan fingerprint density at radius 3 is 2.33 bits per heavy atom. The van der Waals surface area contributed by atoms with Gasteiger partial charge in [0.1, 0.15) is 5.69 Å². The summed E-state index contributed by atoms with van der Waals surface area (Å²) in [6.07, 6.45) is 1.67. The average molecular weight is 499 g/mol. The fraction of sp³-hybridized carbons (Fsp3) is 0.167. The van der Waals surface area contributed by atoms with E-state index in [1.807, 2.05) is 66.7 Å². The van der Waals surface area contributed by atoms with E-state index < -0.39 is 10.0 Å². The number of thiophene rings is 1. The molecule has 0 aliphatic carbocycles. The van der Waals surface area contributed by atoms with Gasteiger partial charge in [-0.1, -0.05) is 72.4 Å². The van der Waals surface area contributed by atoms with E-state index in [2.05, 4.69) is 9.71 Å². The molecule has 0 spiro atoms. The SMILES string of the molecule is CS(=O)(=O)NCCc1ccc(C(=O)CSc2nc(-c3ccccc3)c(-c3ccccc3)o2)s1. The van der Waals surface area contributed by atoms with Gasteiger partial charge < -0.3 is 4.42 Å². The van der Waals surface area contributed by atoms with Crippen LogP contribution in [-0.4, -0.2) is 37.7 Å². The lowest BCUT2D eigenvalue weighted by atomic mass is 10.1. The molecule has 170 valence electrons. The number of carbonyl (C=O) groups excluding carboxylic acids is 1. The van der Waals surface area contributed by atoms with Crippen LogP contribution in [0.1, 0.15) is 14.5 Å². The van der Waals surface area contributed by atoms with Gasteiger partial charge >= 0.3 is 0 Å². The lowest BCUT2D eigenvalue weighted by Crippen LogP contribution is -2.23. The third-order valence-corrected chi connectivity index (χ3v) is 7.43. The lowest BCUT2D eigenvalue weighted by Gasteiger charge is -2.00. The molecule has 0 fully saturated rings. The molecule has 33 heavy (non-hydrogen) atoms. The summed E-state index contributed by atoms with van der Waals surface area (Å²) >= 11 is 2.65. The highest BCUT2D eigenvalue weighted by Crippen LogP contribution is 2.35. The highest BCUT2D eigenvalue weighted by molar-refractivity contribution is 7.99. The molecule has 2 aromatic carbocycles. The number of nitrogens with zero attached hydrogens (tertiary/aromatic N) is 1. The highest BCUT2D eigenvalue weighted by atomic mass is 32.2. The molecule has 0 saturated carbocycles. The molecule has 9 heteroatoms. The van der Waals surface area contributed by atoms with Crippen molar-refractivity contribution in [3.63, 3.8) is 0 Å². The number of ketones is 1. The van der Waals surface area contributed by atoms with E-state index in [1.165, 1.54) is 23.1 Å². The lowest BCUT2D eigenvalue weighted by molar-refractivity contribution is 0.102. The Kier molecular flexibility index (Phi) is 7.44. The maximum Gasteiger partial charge on any atom is 0.257 e. The summed E-state index contributed by atoms with van der Waals surface area (Å²) in [5, 5.41) is 0.440. The predicted octanol–water partition coefficient (Wildman–Crippen LogP) is 5.14. The van der Waals surface area contributed by atoms with Crippen molar-refractivity contribution in [1.29, 1.82) is 0 Å². The molecule has 6 nitrogen and oxygen atoms in total. The minimum atomic E-state index is -3.22. The predicted molar refractivity (Wildman–Crippen MR) is 133 cm³/mol. The minimum Gasteiger partial charge on any atom is -0.431 e. The molecule has 2 heterocycles. The normalized spacial score (nSPS) is 11.5. The summed E-state index contributed by atoms with van der Waals surface area (Å²) in [6.45, 7) is 0.308. The second-order valence-electron chi connectivity index (χ2n) is 7.28. The molecule has 4 aromatic rings. The minimum absolute atomic E-state index is 0.0203. The average Bonchev–Trinajstić information content (AvgIpc) is 3.45. The van der Waals surface area contributed by atoms with Crippen molar-refractivity contribution < 1.29 is 17.6 Å². The summed E-state index contributed by atoms with van der Waals surface area (Å²) in [6, 6.07) is 23.2. The van der Waals surface area contributed by atoms with Gasteiger partial charge in [0.15, 0.2) is 11.5 Å². The zero-order valence-corrected chi connectivity index (χ0v) is 20.3. The summed E-state index contributed by atoms with van der Waals surface area (Å²) in [7, 11) is -3.22. The van der Waals surface area contributed by atoms with Crippen molar-refractivity contribution in [2.75, 3.05) is 18.6 Å². The molecule has 0 amide bonds. The van der Waals surface area contributed by atoms with Crippen LogP contribution in [0.3, 0.4) is 0 Å². The Labute approximate surface area is 201 Å². The Bertz CT molecular complexity index is 1270. The number of nitrogens with one attached hydrogen (secondary N) is 1. The number of thioether (sulfide) groups is 1. The Balaban J connectivity index is 1.45. The van der Waals surface area contributed by atoms with Crippen molar-refractivity contribution in [2.45, 2.75) is 11.6 Å². The van der Waals surface area contributed by atoms with Crippen LogP contribution >= 0.6 is 23.1 Å². The zero-order valence-electron chi connectivity index (χ0n) is 17.9. The smallest absolute Gasteiger partial charge is 0.257 e. The molecule has 0 saturated heterocycles. The summed E-state index contributed by atoms with van der Waals surface area (Å²) in [5.74, 6) is 0.853. The molecule has 0 aliphatic heterocycles. The molecule has 1 N–H and O–H groups in total. The number of benzene rings is 2. The first-order chi connectivity index (χ1) is 15.9. The number of hydrogen-bond donors (Lipinski definition) is 1. The van der Waals surface area contributed by atoms with Crippen LogP contribution in [0.4, 0.5) is 0 Å². The quantitative estimate of drug-likeness (QED) is 0.241. The number of aromatic nitrogens is 1. The van der Waals surface area contributed by atoms with Gasteiger partial charge in [-0.05, 0) is 18.6 Å². The maximum atomic E-state index is 12.7. The number of hydrogen-bond acceptors (Lipinski definition) is 7. The second-order valence-corrected chi connectivity index (χ2v) is 11.2. The van der Waals surface area contributed by atoms with Crippen molar-refractivity contribution >= 4 is 38.9 Å². The molecular weight excluding hydrogens is 476 g/mol. The van der Waals surface area contributed by atoms with E-state index in [-0.39, 0.29) is 11.5 Å². The molecule has 2 aromatic heterocycles. The van der Waals surface area contributed by atoms with Crippen LogP contribution < -0.4 is 4.72 Å². The van der Waals surface area contributed by atoms with Gasteiger partial charge in [-0.3, -0.25) is 4.79 Å². The van der Waals surface area contributed by atoms with Gasteiger partial charge in [0.05, 0.1) is 16.9 Å². The molecule has 0 unspecified atom stereocenters. The summed E-state index contributed by atoms with van der Waals surface area (Å²) < 4.78 is 30.9. The van der Waals surface area contributed by atoms with Crippen molar-refractivity contribution in [1.82, 2.24) is 9.71 Å². The number of oxazole rings is 1. The first-order valence-corrected chi connectivity index (χ1v) is 13.9. The molecular formula is C24H22N2O4S3. The second kappa shape index (κ2) is 10.5. The van der Waals surface area contributed by atoms with Crippen LogP contribution in [0.2, 0.25) is 0 Å². The van der Waals surface area contributed by atoms with E-state index in [1.54, 1.807) is 6.07 Å². The van der Waals surface area contributed by atoms with Crippen LogP contribution in [0.5, 0.6) is 0 Å². The number of sulfonamides is 1. The van der Waals surface area contributed by atoms with Crippen LogP contribution in [0.25, 0.3) is 22.6 Å². The Morgan fingerprint density at radius 2 is 1.67 bits per heavy atom. The van der Waals surface area contributed by atoms with Gasteiger partial charge in [-0.25, -0.2) is 18.1 Å². The molecule has 4 rings (SSSR count). The van der Waals surface area contributed by atoms with Gasteiger partial charge in [0.25, 0.3) is 5.22 Å². The van der Waals surface area contributed by atoms with Gasteiger partial charge in [-0.2, -0.15) is 0 Å². The van der Waals surface area contributed by atoms with E-state index in [9.17, 15) is 13.2 Å². The molecule has 0 radical (unpaired) electrons. The molecule has 0 aliphatic rings. The number of Topliss-reactive ketones (excluding diaryl/α,β-unsaturated/α-hetero) is 1. The fourth-order valence-corrected chi connectivity index (χ4v) is 5.38. The Morgan fingerprint density at radius 1 is 1.00 bits per heavy atom. The first kappa shape index (κ1) is 23.4. The van der Waals surface area contributed by atoms with Crippen LogP contribution in [0.15, 0.2) is 82.4 Å². The van der Waals surface area contributed by atoms with Crippen LogP contribution in [-0.2, 0) is 16.4 Å². The van der Waals surface area contributed by atoms with E-state index in [4.69, 9.17) is 4.42 Å².